The van der Waals surface area contributed by atoms with E-state index in [1.807, 2.05) is 12.3 Å². The number of rotatable bonds is 3. The van der Waals surface area contributed by atoms with Crippen molar-refractivity contribution in [3.8, 4) is 0 Å². The first-order valence-corrected chi connectivity index (χ1v) is 8.14. The average Bonchev–Trinajstić information content (AvgIpc) is 2.78. The summed E-state index contributed by atoms with van der Waals surface area (Å²) in [7, 11) is 0. The van der Waals surface area contributed by atoms with Crippen molar-refractivity contribution < 1.29 is 0 Å². The summed E-state index contributed by atoms with van der Waals surface area (Å²) in [5.41, 5.74) is 3.34. The van der Waals surface area contributed by atoms with Gasteiger partial charge in [0, 0.05) is 12.7 Å². The molecule has 1 aliphatic rings. The van der Waals surface area contributed by atoms with Crippen molar-refractivity contribution in [3.63, 3.8) is 0 Å². The van der Waals surface area contributed by atoms with Gasteiger partial charge in [0.05, 0.1) is 5.52 Å². The molecule has 4 heteroatoms. The molecule has 1 fully saturated rings. The van der Waals surface area contributed by atoms with Crippen molar-refractivity contribution in [2.75, 3.05) is 0 Å². The van der Waals surface area contributed by atoms with Gasteiger partial charge < -0.3 is 9.55 Å². The number of aromatic amines is 1. The summed E-state index contributed by atoms with van der Waals surface area (Å²) in [4.78, 5) is 7.84. The predicted molar refractivity (Wildman–Crippen MR) is 85.4 cm³/mol. The van der Waals surface area contributed by atoms with Gasteiger partial charge in [-0.1, -0.05) is 26.2 Å². The molecule has 1 aliphatic carbocycles. The molecule has 0 atom stereocenters. The Morgan fingerprint density at radius 3 is 2.70 bits per heavy atom. The quantitative estimate of drug-likeness (QED) is 0.837. The molecule has 1 N–H and O–H groups in total. The smallest absolute Gasteiger partial charge is 0.179 e. The Morgan fingerprint density at radius 2 is 2.00 bits per heavy atom. The summed E-state index contributed by atoms with van der Waals surface area (Å²) in [6.07, 6.45) is 8.63. The highest BCUT2D eigenvalue weighted by Crippen LogP contribution is 2.32. The van der Waals surface area contributed by atoms with E-state index in [2.05, 4.69) is 28.4 Å². The maximum Gasteiger partial charge on any atom is 0.179 e. The third-order valence-corrected chi connectivity index (χ3v) is 5.18. The number of hydrogen-bond acceptors (Lipinski definition) is 2. The molecular weight excluding hydrogens is 266 g/mol. The monoisotopic (exact) mass is 289 g/mol. The van der Waals surface area contributed by atoms with Crippen molar-refractivity contribution in [2.45, 2.75) is 52.5 Å². The Kier molecular flexibility index (Phi) is 3.92. The van der Waals surface area contributed by atoms with Gasteiger partial charge in [0.2, 0.25) is 0 Å². The second-order valence-electron chi connectivity index (χ2n) is 6.16. The van der Waals surface area contributed by atoms with Crippen LogP contribution in [0.5, 0.6) is 0 Å². The first kappa shape index (κ1) is 13.8. The maximum atomic E-state index is 5.49. The minimum absolute atomic E-state index is 0.755. The van der Waals surface area contributed by atoms with Gasteiger partial charge >= 0.3 is 0 Å². The van der Waals surface area contributed by atoms with Crippen molar-refractivity contribution in [3.05, 3.63) is 22.6 Å². The van der Waals surface area contributed by atoms with Gasteiger partial charge in [-0.05, 0) is 55.4 Å². The number of aryl methyl sites for hydroxylation is 1. The highest BCUT2D eigenvalue weighted by Gasteiger charge is 2.21. The van der Waals surface area contributed by atoms with Crippen LogP contribution in [-0.4, -0.2) is 14.5 Å². The summed E-state index contributed by atoms with van der Waals surface area (Å²) in [6.45, 7) is 5.44. The van der Waals surface area contributed by atoms with E-state index < -0.39 is 0 Å². The van der Waals surface area contributed by atoms with Crippen LogP contribution in [0.4, 0.5) is 0 Å². The highest BCUT2D eigenvalue weighted by molar-refractivity contribution is 7.71. The fraction of sp³-hybridized carbons (Fsp3) is 0.625. The number of imidazole rings is 1. The van der Waals surface area contributed by atoms with Gasteiger partial charge in [0.1, 0.15) is 0 Å². The second-order valence-corrected chi connectivity index (χ2v) is 6.55. The number of aromatic nitrogens is 3. The van der Waals surface area contributed by atoms with Crippen molar-refractivity contribution in [1.82, 2.24) is 14.5 Å². The summed E-state index contributed by atoms with van der Waals surface area (Å²) >= 11 is 5.49. The summed E-state index contributed by atoms with van der Waals surface area (Å²) in [5.74, 6) is 1.70. The molecule has 3 nitrogen and oxygen atoms in total. The Bertz CT molecular complexity index is 647. The third-order valence-electron chi connectivity index (χ3n) is 4.86. The zero-order chi connectivity index (χ0) is 14.1. The predicted octanol–water partition coefficient (Wildman–Crippen LogP) is 4.62. The SMILES string of the molecule is CCC1CCC(Cn2c(=S)[nH]c3c(C)ccnc32)CC1. The topological polar surface area (TPSA) is 33.6 Å². The Balaban J connectivity index is 1.83. The van der Waals surface area contributed by atoms with E-state index >= 15 is 0 Å². The Labute approximate surface area is 125 Å². The number of H-pyrrole nitrogens is 1. The molecule has 0 radical (unpaired) electrons. The summed E-state index contributed by atoms with van der Waals surface area (Å²) in [6, 6.07) is 2.03. The van der Waals surface area contributed by atoms with Crippen LogP contribution >= 0.6 is 12.2 Å². The molecule has 0 aliphatic heterocycles. The highest BCUT2D eigenvalue weighted by atomic mass is 32.1. The van der Waals surface area contributed by atoms with E-state index in [1.54, 1.807) is 0 Å². The van der Waals surface area contributed by atoms with Crippen LogP contribution in [0.25, 0.3) is 11.2 Å². The zero-order valence-corrected chi connectivity index (χ0v) is 13.2. The Hall–Kier alpha value is -1.16. The lowest BCUT2D eigenvalue weighted by Gasteiger charge is -2.28. The Morgan fingerprint density at radius 1 is 1.30 bits per heavy atom. The largest absolute Gasteiger partial charge is 0.329 e. The molecule has 20 heavy (non-hydrogen) atoms. The van der Waals surface area contributed by atoms with E-state index in [0.717, 1.165) is 34.3 Å². The zero-order valence-electron chi connectivity index (χ0n) is 12.4. The molecule has 0 bridgehead atoms. The van der Waals surface area contributed by atoms with E-state index in [0.29, 0.717) is 0 Å². The number of nitrogens with zero attached hydrogens (tertiary/aromatic N) is 2. The third kappa shape index (κ3) is 2.53. The fourth-order valence-corrected chi connectivity index (χ4v) is 3.69. The van der Waals surface area contributed by atoms with Crippen molar-refractivity contribution >= 4 is 23.4 Å². The first-order chi connectivity index (χ1) is 9.69. The minimum atomic E-state index is 0.755. The molecule has 2 aromatic heterocycles. The molecule has 108 valence electrons. The normalized spacial score (nSPS) is 23.3. The van der Waals surface area contributed by atoms with Crippen molar-refractivity contribution in [2.24, 2.45) is 11.8 Å². The van der Waals surface area contributed by atoms with Gasteiger partial charge in [-0.3, -0.25) is 0 Å². The van der Waals surface area contributed by atoms with Gasteiger partial charge in [-0.15, -0.1) is 0 Å². The molecule has 3 rings (SSSR count). The van der Waals surface area contributed by atoms with Gasteiger partial charge in [0.15, 0.2) is 10.4 Å². The minimum Gasteiger partial charge on any atom is -0.329 e. The molecule has 0 spiro atoms. The molecular formula is C16H23N3S. The van der Waals surface area contributed by atoms with Crippen LogP contribution < -0.4 is 0 Å². The van der Waals surface area contributed by atoms with E-state index in [1.165, 1.54) is 37.7 Å². The summed E-state index contributed by atoms with van der Waals surface area (Å²) in [5, 5.41) is 0. The number of fused-ring (bicyclic) bond motifs is 1. The number of hydrogen-bond donors (Lipinski definition) is 1. The lowest BCUT2D eigenvalue weighted by atomic mass is 9.81. The van der Waals surface area contributed by atoms with Gasteiger partial charge in [-0.25, -0.2) is 4.98 Å². The molecule has 0 unspecified atom stereocenters. The second kappa shape index (κ2) is 5.68. The van der Waals surface area contributed by atoms with Gasteiger partial charge in [0.25, 0.3) is 0 Å². The lowest BCUT2D eigenvalue weighted by molar-refractivity contribution is 0.248. The average molecular weight is 289 g/mol. The van der Waals surface area contributed by atoms with Crippen LogP contribution in [0.2, 0.25) is 0 Å². The lowest BCUT2D eigenvalue weighted by Crippen LogP contribution is -2.19. The maximum absolute atomic E-state index is 5.49. The van der Waals surface area contributed by atoms with Crippen LogP contribution in [0, 0.1) is 23.5 Å². The van der Waals surface area contributed by atoms with Gasteiger partial charge in [-0.2, -0.15) is 0 Å². The molecule has 0 aromatic carbocycles. The molecule has 1 saturated carbocycles. The molecule has 0 amide bonds. The molecule has 2 aromatic rings. The van der Waals surface area contributed by atoms with E-state index in [4.69, 9.17) is 12.2 Å². The number of pyridine rings is 1. The number of nitrogens with one attached hydrogen (secondary N) is 1. The van der Waals surface area contributed by atoms with Crippen LogP contribution in [-0.2, 0) is 6.54 Å². The van der Waals surface area contributed by atoms with Crippen LogP contribution in [0.3, 0.4) is 0 Å². The van der Waals surface area contributed by atoms with E-state index in [9.17, 15) is 0 Å². The molecule has 2 heterocycles. The van der Waals surface area contributed by atoms with Crippen LogP contribution in [0.15, 0.2) is 12.3 Å². The van der Waals surface area contributed by atoms with E-state index in [-0.39, 0.29) is 0 Å². The standard InChI is InChI=1S/C16H23N3S/c1-3-12-4-6-13(7-5-12)10-19-15-14(18-16(19)20)11(2)8-9-17-15/h8-9,12-13H,3-7,10H2,1-2H3,(H,18,20). The first-order valence-electron chi connectivity index (χ1n) is 7.73. The fourth-order valence-electron chi connectivity index (χ4n) is 3.42. The molecule has 0 saturated heterocycles. The summed E-state index contributed by atoms with van der Waals surface area (Å²) < 4.78 is 3.02. The van der Waals surface area contributed by atoms with Crippen molar-refractivity contribution in [1.29, 1.82) is 0 Å². The van der Waals surface area contributed by atoms with Crippen LogP contribution in [0.1, 0.15) is 44.6 Å².